The van der Waals surface area contributed by atoms with E-state index in [-0.39, 0.29) is 17.7 Å². The van der Waals surface area contributed by atoms with E-state index in [1.54, 1.807) is 29.3 Å². The van der Waals surface area contributed by atoms with Crippen LogP contribution in [0.5, 0.6) is 0 Å². The van der Waals surface area contributed by atoms with Gasteiger partial charge in [-0.1, -0.05) is 23.7 Å². The molecule has 1 aliphatic heterocycles. The monoisotopic (exact) mass is 423 g/mol. The number of carbonyl (C=O) groups excluding carboxylic acids is 2. The SMILES string of the molecule is Cc1ccc(Cl)cc1NC(=O)[C@H]1CCCN(C(=O)c2cc(-c3ccccn3)n[nH]2)C1. The van der Waals surface area contributed by atoms with Crippen LogP contribution in [0.4, 0.5) is 5.69 Å². The minimum absolute atomic E-state index is 0.100. The molecule has 1 aliphatic rings. The third kappa shape index (κ3) is 4.36. The number of aryl methyl sites for hydroxylation is 1. The number of aromatic nitrogens is 3. The fraction of sp³-hybridized carbons (Fsp3) is 0.273. The maximum Gasteiger partial charge on any atom is 0.271 e. The molecule has 3 heterocycles. The summed E-state index contributed by atoms with van der Waals surface area (Å²) in [5.41, 5.74) is 3.34. The smallest absolute Gasteiger partial charge is 0.271 e. The summed E-state index contributed by atoms with van der Waals surface area (Å²) in [6.45, 7) is 2.89. The van der Waals surface area contributed by atoms with E-state index in [0.29, 0.717) is 40.9 Å². The summed E-state index contributed by atoms with van der Waals surface area (Å²) < 4.78 is 0. The first-order chi connectivity index (χ1) is 14.5. The van der Waals surface area contributed by atoms with Gasteiger partial charge in [-0.3, -0.25) is 19.7 Å². The molecule has 0 saturated carbocycles. The van der Waals surface area contributed by atoms with Gasteiger partial charge in [0.25, 0.3) is 5.91 Å². The van der Waals surface area contributed by atoms with Gasteiger partial charge in [-0.05, 0) is 55.7 Å². The predicted molar refractivity (Wildman–Crippen MR) is 115 cm³/mol. The summed E-state index contributed by atoms with van der Waals surface area (Å²) in [5.74, 6) is -0.544. The Labute approximate surface area is 179 Å². The normalized spacial score (nSPS) is 16.3. The molecule has 0 radical (unpaired) electrons. The molecule has 2 aromatic heterocycles. The van der Waals surface area contributed by atoms with Crippen molar-refractivity contribution in [2.24, 2.45) is 5.92 Å². The lowest BCUT2D eigenvalue weighted by Crippen LogP contribution is -2.44. The quantitative estimate of drug-likeness (QED) is 0.665. The fourth-order valence-electron chi connectivity index (χ4n) is 3.59. The molecule has 3 aromatic rings. The molecular weight excluding hydrogens is 402 g/mol. The lowest BCUT2D eigenvalue weighted by molar-refractivity contribution is -0.121. The van der Waals surface area contributed by atoms with Crippen molar-refractivity contribution < 1.29 is 9.59 Å². The molecule has 30 heavy (non-hydrogen) atoms. The van der Waals surface area contributed by atoms with Gasteiger partial charge in [0, 0.05) is 30.0 Å². The molecule has 8 heteroatoms. The molecule has 1 saturated heterocycles. The van der Waals surface area contributed by atoms with Crippen molar-refractivity contribution in [3.8, 4) is 11.4 Å². The Morgan fingerprint density at radius 2 is 2.07 bits per heavy atom. The largest absolute Gasteiger partial charge is 0.337 e. The van der Waals surface area contributed by atoms with Gasteiger partial charge in [-0.2, -0.15) is 5.10 Å². The number of halogens is 1. The molecule has 2 N–H and O–H groups in total. The van der Waals surface area contributed by atoms with Gasteiger partial charge >= 0.3 is 0 Å². The highest BCUT2D eigenvalue weighted by atomic mass is 35.5. The number of pyridine rings is 1. The zero-order chi connectivity index (χ0) is 21.1. The van der Waals surface area contributed by atoms with Gasteiger partial charge in [-0.25, -0.2) is 0 Å². The summed E-state index contributed by atoms with van der Waals surface area (Å²) in [6, 6.07) is 12.6. The van der Waals surface area contributed by atoms with Gasteiger partial charge in [0.05, 0.1) is 11.6 Å². The van der Waals surface area contributed by atoms with Gasteiger partial charge in [0.2, 0.25) is 5.91 Å². The van der Waals surface area contributed by atoms with Crippen molar-refractivity contribution in [2.75, 3.05) is 18.4 Å². The summed E-state index contributed by atoms with van der Waals surface area (Å²) >= 11 is 6.05. The van der Waals surface area contributed by atoms with Crippen LogP contribution in [-0.2, 0) is 4.79 Å². The Kier molecular flexibility index (Phi) is 5.81. The van der Waals surface area contributed by atoms with Crippen molar-refractivity contribution in [3.63, 3.8) is 0 Å². The highest BCUT2D eigenvalue weighted by molar-refractivity contribution is 6.31. The van der Waals surface area contributed by atoms with Crippen LogP contribution < -0.4 is 5.32 Å². The zero-order valence-electron chi connectivity index (χ0n) is 16.6. The van der Waals surface area contributed by atoms with Crippen LogP contribution in [0, 0.1) is 12.8 Å². The van der Waals surface area contributed by atoms with Crippen LogP contribution in [0.1, 0.15) is 28.9 Å². The Hall–Kier alpha value is -3.19. The van der Waals surface area contributed by atoms with E-state index in [2.05, 4.69) is 20.5 Å². The molecular formula is C22H22ClN5O2. The molecule has 1 atom stereocenters. The molecule has 0 bridgehead atoms. The first kappa shape index (κ1) is 20.1. The number of nitrogens with one attached hydrogen (secondary N) is 2. The van der Waals surface area contributed by atoms with Crippen LogP contribution in [0.2, 0.25) is 5.02 Å². The average molecular weight is 424 g/mol. The highest BCUT2D eigenvalue weighted by Crippen LogP contribution is 2.24. The molecule has 1 aromatic carbocycles. The number of nitrogens with zero attached hydrogens (tertiary/aromatic N) is 3. The van der Waals surface area contributed by atoms with E-state index >= 15 is 0 Å². The number of piperidine rings is 1. The lowest BCUT2D eigenvalue weighted by Gasteiger charge is -2.31. The van der Waals surface area contributed by atoms with E-state index in [4.69, 9.17) is 11.6 Å². The van der Waals surface area contributed by atoms with Crippen LogP contribution >= 0.6 is 11.6 Å². The van der Waals surface area contributed by atoms with Crippen LogP contribution in [0.25, 0.3) is 11.4 Å². The van der Waals surface area contributed by atoms with Crippen molar-refractivity contribution in [1.29, 1.82) is 0 Å². The molecule has 0 aliphatic carbocycles. The molecule has 2 amide bonds. The minimum Gasteiger partial charge on any atom is -0.337 e. The summed E-state index contributed by atoms with van der Waals surface area (Å²) in [4.78, 5) is 31.7. The number of amides is 2. The Balaban J connectivity index is 1.43. The molecule has 4 rings (SSSR count). The van der Waals surface area contributed by atoms with Gasteiger partial charge in [0.1, 0.15) is 11.4 Å². The predicted octanol–water partition coefficient (Wildman–Crippen LogP) is 3.92. The van der Waals surface area contributed by atoms with Crippen molar-refractivity contribution in [2.45, 2.75) is 19.8 Å². The van der Waals surface area contributed by atoms with Crippen molar-refractivity contribution >= 4 is 29.1 Å². The van der Waals surface area contributed by atoms with Crippen LogP contribution in [-0.4, -0.2) is 45.0 Å². The number of hydrogen-bond donors (Lipinski definition) is 2. The topological polar surface area (TPSA) is 91.0 Å². The maximum atomic E-state index is 13.0. The molecule has 7 nitrogen and oxygen atoms in total. The number of anilines is 1. The third-order valence-corrected chi connectivity index (χ3v) is 5.51. The van der Waals surface area contributed by atoms with Crippen molar-refractivity contribution in [1.82, 2.24) is 20.1 Å². The number of benzene rings is 1. The van der Waals surface area contributed by atoms with E-state index in [1.807, 2.05) is 31.2 Å². The van der Waals surface area contributed by atoms with E-state index < -0.39 is 0 Å². The van der Waals surface area contributed by atoms with Gasteiger partial charge < -0.3 is 10.2 Å². The van der Waals surface area contributed by atoms with Crippen LogP contribution in [0.15, 0.2) is 48.7 Å². The number of rotatable bonds is 4. The standard InChI is InChI=1S/C22H22ClN5O2/c1-14-7-8-16(23)11-18(14)25-21(29)15-5-4-10-28(13-15)22(30)20-12-19(26-27-20)17-6-2-3-9-24-17/h2-3,6-9,11-12,15H,4-5,10,13H2,1H3,(H,25,29)(H,26,27)/t15-/m0/s1. The fourth-order valence-corrected chi connectivity index (χ4v) is 3.76. The number of likely N-dealkylation sites (tertiary alicyclic amines) is 1. The first-order valence-electron chi connectivity index (χ1n) is 9.84. The molecule has 154 valence electrons. The maximum absolute atomic E-state index is 13.0. The highest BCUT2D eigenvalue weighted by Gasteiger charge is 2.30. The third-order valence-electron chi connectivity index (χ3n) is 5.27. The minimum atomic E-state index is -0.278. The van der Waals surface area contributed by atoms with Crippen molar-refractivity contribution in [3.05, 3.63) is 64.9 Å². The zero-order valence-corrected chi connectivity index (χ0v) is 17.3. The van der Waals surface area contributed by atoms with E-state index in [9.17, 15) is 9.59 Å². The van der Waals surface area contributed by atoms with E-state index in [0.717, 1.165) is 18.4 Å². The second kappa shape index (κ2) is 8.67. The Morgan fingerprint density at radius 1 is 1.20 bits per heavy atom. The Bertz CT molecular complexity index is 1070. The molecule has 1 fully saturated rings. The average Bonchev–Trinajstić information content (AvgIpc) is 3.27. The first-order valence-corrected chi connectivity index (χ1v) is 10.2. The second-order valence-corrected chi connectivity index (χ2v) is 7.86. The number of aromatic amines is 1. The number of H-pyrrole nitrogens is 1. The summed E-state index contributed by atoms with van der Waals surface area (Å²) in [6.07, 6.45) is 3.18. The van der Waals surface area contributed by atoms with Gasteiger partial charge in [-0.15, -0.1) is 0 Å². The number of carbonyl (C=O) groups is 2. The van der Waals surface area contributed by atoms with Crippen LogP contribution in [0.3, 0.4) is 0 Å². The second-order valence-electron chi connectivity index (χ2n) is 7.42. The Morgan fingerprint density at radius 3 is 2.87 bits per heavy atom. The molecule has 0 unspecified atom stereocenters. The summed E-state index contributed by atoms with van der Waals surface area (Å²) in [5, 5.41) is 10.5. The number of hydrogen-bond acceptors (Lipinski definition) is 4. The summed E-state index contributed by atoms with van der Waals surface area (Å²) in [7, 11) is 0. The molecule has 0 spiro atoms. The van der Waals surface area contributed by atoms with E-state index in [1.165, 1.54) is 0 Å². The van der Waals surface area contributed by atoms with Gasteiger partial charge in [0.15, 0.2) is 0 Å². The lowest BCUT2D eigenvalue weighted by atomic mass is 9.96.